The molecule has 2 fully saturated rings. The van der Waals surface area contributed by atoms with Crippen molar-refractivity contribution >= 4 is 11.8 Å². The van der Waals surface area contributed by atoms with Gasteiger partial charge in [-0.25, -0.2) is 0 Å². The fourth-order valence-corrected chi connectivity index (χ4v) is 3.80. The van der Waals surface area contributed by atoms with E-state index in [1.165, 1.54) is 0 Å². The number of rotatable bonds is 3. The molecule has 0 aliphatic carbocycles. The molecule has 21 heavy (non-hydrogen) atoms. The number of hydrogen-bond donors (Lipinski definition) is 0. The average Bonchev–Trinajstić information content (AvgIpc) is 2.72. The zero-order valence-electron chi connectivity index (χ0n) is 12.5. The topological polar surface area (TPSA) is 46.6 Å². The number of Topliss-reactive ketones (excluding diaryl/α,β-unsaturated/α-hetero) is 1. The molecule has 1 aromatic rings. The number of ether oxygens (including phenoxy) is 1. The van der Waals surface area contributed by atoms with Gasteiger partial charge in [0.25, 0.3) is 0 Å². The lowest BCUT2D eigenvalue weighted by Gasteiger charge is -2.36. The first-order chi connectivity index (χ1) is 10.1. The smallest absolute Gasteiger partial charge is 0.310 e. The van der Waals surface area contributed by atoms with Crippen molar-refractivity contribution in [3.05, 3.63) is 35.9 Å². The minimum Gasteiger partial charge on any atom is -0.466 e. The fraction of sp³-hybridized carbons (Fsp3) is 0.529. The van der Waals surface area contributed by atoms with Gasteiger partial charge in [-0.3, -0.25) is 14.5 Å². The molecule has 2 aliphatic rings. The van der Waals surface area contributed by atoms with Crippen molar-refractivity contribution in [3.63, 3.8) is 0 Å². The first kappa shape index (κ1) is 14.3. The quantitative estimate of drug-likeness (QED) is 0.798. The monoisotopic (exact) mass is 287 g/mol. The van der Waals surface area contributed by atoms with Crippen LogP contribution in [0.1, 0.15) is 31.2 Å². The van der Waals surface area contributed by atoms with Gasteiger partial charge >= 0.3 is 5.97 Å². The SMILES string of the molecule is CCOC(=O)[C@@H]1C[C@@H]2C(=O)C(c3ccccc3)C[C@H]1N2C. The van der Waals surface area contributed by atoms with Crippen molar-refractivity contribution in [1.82, 2.24) is 4.90 Å². The second kappa shape index (κ2) is 5.60. The van der Waals surface area contributed by atoms with Crippen LogP contribution in [0.4, 0.5) is 0 Å². The number of ketones is 1. The Morgan fingerprint density at radius 2 is 2.00 bits per heavy atom. The first-order valence-electron chi connectivity index (χ1n) is 7.60. The largest absolute Gasteiger partial charge is 0.466 e. The Kier molecular flexibility index (Phi) is 3.81. The molecule has 1 aromatic carbocycles. The van der Waals surface area contributed by atoms with Gasteiger partial charge in [-0.1, -0.05) is 30.3 Å². The van der Waals surface area contributed by atoms with Gasteiger partial charge in [-0.15, -0.1) is 0 Å². The van der Waals surface area contributed by atoms with Crippen LogP contribution < -0.4 is 0 Å². The number of esters is 1. The summed E-state index contributed by atoms with van der Waals surface area (Å²) in [4.78, 5) is 26.9. The molecule has 4 heteroatoms. The number of benzene rings is 1. The Balaban J connectivity index is 1.86. The summed E-state index contributed by atoms with van der Waals surface area (Å²) in [6, 6.07) is 9.86. The molecule has 2 bridgehead atoms. The van der Waals surface area contributed by atoms with Gasteiger partial charge in [-0.2, -0.15) is 0 Å². The predicted octanol–water partition coefficient (Wildman–Crippen LogP) is 2.00. The van der Waals surface area contributed by atoms with E-state index in [-0.39, 0.29) is 35.7 Å². The summed E-state index contributed by atoms with van der Waals surface area (Å²) in [5.74, 6) is -0.167. The van der Waals surface area contributed by atoms with Crippen LogP contribution in [0, 0.1) is 5.92 Å². The molecule has 4 nitrogen and oxygen atoms in total. The fourth-order valence-electron chi connectivity index (χ4n) is 3.80. The third-order valence-corrected chi connectivity index (χ3v) is 4.90. The van der Waals surface area contributed by atoms with Crippen LogP contribution in [0.2, 0.25) is 0 Å². The molecule has 0 aromatic heterocycles. The van der Waals surface area contributed by atoms with E-state index in [4.69, 9.17) is 4.74 Å². The molecule has 2 saturated heterocycles. The first-order valence-corrected chi connectivity index (χ1v) is 7.60. The standard InChI is InChI=1S/C17H21NO3/c1-3-21-17(20)13-10-15-16(19)12(9-14(13)18(15)2)11-7-5-4-6-8-11/h4-8,12-15H,3,9-10H2,1-2H3/t12?,13-,14-,15-/m1/s1. The molecule has 0 radical (unpaired) electrons. The molecule has 0 amide bonds. The molecule has 0 N–H and O–H groups in total. The van der Waals surface area contributed by atoms with Gasteiger partial charge in [0.15, 0.2) is 5.78 Å². The Morgan fingerprint density at radius 1 is 1.29 bits per heavy atom. The second-order valence-corrected chi connectivity index (χ2v) is 5.94. The summed E-state index contributed by atoms with van der Waals surface area (Å²) < 4.78 is 5.18. The van der Waals surface area contributed by atoms with Gasteiger partial charge in [0.2, 0.25) is 0 Å². The summed E-state index contributed by atoms with van der Waals surface area (Å²) >= 11 is 0. The molecule has 2 heterocycles. The van der Waals surface area contributed by atoms with Gasteiger partial charge in [0, 0.05) is 12.0 Å². The number of hydrogen-bond acceptors (Lipinski definition) is 4. The molecule has 0 spiro atoms. The molecule has 0 saturated carbocycles. The van der Waals surface area contributed by atoms with E-state index in [0.717, 1.165) is 5.56 Å². The summed E-state index contributed by atoms with van der Waals surface area (Å²) in [5.41, 5.74) is 1.06. The van der Waals surface area contributed by atoms with Crippen LogP contribution >= 0.6 is 0 Å². The van der Waals surface area contributed by atoms with E-state index in [1.54, 1.807) is 0 Å². The van der Waals surface area contributed by atoms with Crippen LogP contribution in [0.15, 0.2) is 30.3 Å². The summed E-state index contributed by atoms with van der Waals surface area (Å²) in [6.45, 7) is 2.22. The average molecular weight is 287 g/mol. The summed E-state index contributed by atoms with van der Waals surface area (Å²) in [6.07, 6.45) is 1.31. The zero-order valence-corrected chi connectivity index (χ0v) is 12.5. The number of likely N-dealkylation sites (N-methyl/N-ethyl adjacent to an activating group) is 1. The van der Waals surface area contributed by atoms with Gasteiger partial charge in [-0.05, 0) is 32.4 Å². The Labute approximate surface area is 125 Å². The van der Waals surface area contributed by atoms with Crippen molar-refractivity contribution in [2.75, 3.05) is 13.7 Å². The number of carbonyl (C=O) groups excluding carboxylic acids is 2. The van der Waals surface area contributed by atoms with E-state index in [2.05, 4.69) is 4.90 Å². The molecular weight excluding hydrogens is 266 g/mol. The summed E-state index contributed by atoms with van der Waals surface area (Å²) in [5, 5.41) is 0. The van der Waals surface area contributed by atoms with Crippen LogP contribution in [0.3, 0.4) is 0 Å². The van der Waals surface area contributed by atoms with E-state index < -0.39 is 0 Å². The second-order valence-electron chi connectivity index (χ2n) is 5.94. The van der Waals surface area contributed by atoms with Crippen LogP contribution in [-0.2, 0) is 14.3 Å². The number of carbonyl (C=O) groups is 2. The van der Waals surface area contributed by atoms with Crippen molar-refractivity contribution in [1.29, 1.82) is 0 Å². The lowest BCUT2D eigenvalue weighted by molar-refractivity contribution is -0.149. The number of nitrogens with zero attached hydrogens (tertiary/aromatic N) is 1. The van der Waals surface area contributed by atoms with E-state index in [0.29, 0.717) is 19.4 Å². The maximum Gasteiger partial charge on any atom is 0.310 e. The van der Waals surface area contributed by atoms with Crippen molar-refractivity contribution < 1.29 is 14.3 Å². The highest BCUT2D eigenvalue weighted by molar-refractivity contribution is 5.93. The highest BCUT2D eigenvalue weighted by Crippen LogP contribution is 2.43. The van der Waals surface area contributed by atoms with E-state index in [9.17, 15) is 9.59 Å². The lowest BCUT2D eigenvalue weighted by atomic mass is 9.83. The zero-order chi connectivity index (χ0) is 15.0. The van der Waals surface area contributed by atoms with Crippen molar-refractivity contribution in [3.8, 4) is 0 Å². The third kappa shape index (κ3) is 2.38. The third-order valence-electron chi connectivity index (χ3n) is 4.90. The molecule has 4 atom stereocenters. The molecule has 1 unspecified atom stereocenters. The molecule has 2 aliphatic heterocycles. The molecule has 3 rings (SSSR count). The molecule has 112 valence electrons. The predicted molar refractivity (Wildman–Crippen MR) is 78.9 cm³/mol. The normalized spacial score (nSPS) is 32.2. The van der Waals surface area contributed by atoms with Gasteiger partial charge < -0.3 is 4.74 Å². The maximum absolute atomic E-state index is 12.7. The lowest BCUT2D eigenvalue weighted by Crippen LogP contribution is -2.47. The van der Waals surface area contributed by atoms with Crippen LogP contribution in [0.25, 0.3) is 0 Å². The number of fused-ring (bicyclic) bond motifs is 2. The summed E-state index contributed by atoms with van der Waals surface area (Å²) in [7, 11) is 1.95. The highest BCUT2D eigenvalue weighted by Gasteiger charge is 2.52. The Hall–Kier alpha value is -1.68. The minimum atomic E-state index is -0.169. The van der Waals surface area contributed by atoms with Crippen molar-refractivity contribution in [2.24, 2.45) is 5.92 Å². The minimum absolute atomic E-state index is 0.0863. The maximum atomic E-state index is 12.7. The Bertz CT molecular complexity index is 542. The van der Waals surface area contributed by atoms with E-state index in [1.807, 2.05) is 44.3 Å². The molecular formula is C17H21NO3. The van der Waals surface area contributed by atoms with Crippen LogP contribution in [-0.4, -0.2) is 42.4 Å². The van der Waals surface area contributed by atoms with Crippen molar-refractivity contribution in [2.45, 2.75) is 37.8 Å². The Morgan fingerprint density at radius 3 is 2.67 bits per heavy atom. The number of piperidine rings is 1. The van der Waals surface area contributed by atoms with Gasteiger partial charge in [0.1, 0.15) is 0 Å². The van der Waals surface area contributed by atoms with E-state index >= 15 is 0 Å². The van der Waals surface area contributed by atoms with Gasteiger partial charge in [0.05, 0.1) is 18.6 Å². The van der Waals surface area contributed by atoms with Crippen LogP contribution in [0.5, 0.6) is 0 Å². The highest BCUT2D eigenvalue weighted by atomic mass is 16.5.